The highest BCUT2D eigenvalue weighted by Gasteiger charge is 2.43. The Bertz CT molecular complexity index is 188. The Hall–Kier alpha value is -0.710. The van der Waals surface area contributed by atoms with E-state index in [-0.39, 0.29) is 26.1 Å². The largest absolute Gasteiger partial charge is 0.481 e. The number of hydrogen-bond donors (Lipinski definition) is 1. The first-order valence-electron chi connectivity index (χ1n) is 4.14. The van der Waals surface area contributed by atoms with Crippen molar-refractivity contribution in [1.29, 1.82) is 0 Å². The van der Waals surface area contributed by atoms with Gasteiger partial charge in [-0.05, 0) is 12.8 Å². The van der Waals surface area contributed by atoms with E-state index in [1.165, 1.54) is 0 Å². The molecule has 0 aromatic rings. The molecule has 0 unspecified atom stereocenters. The number of alkyl halides is 2. The molecule has 0 atom stereocenters. The van der Waals surface area contributed by atoms with Crippen LogP contribution in [0.3, 0.4) is 0 Å². The zero-order valence-corrected chi connectivity index (χ0v) is 7.13. The lowest BCUT2D eigenvalue weighted by Crippen LogP contribution is -2.38. The van der Waals surface area contributed by atoms with Crippen LogP contribution in [-0.2, 0) is 9.53 Å². The molecule has 0 aromatic heterocycles. The summed E-state index contributed by atoms with van der Waals surface area (Å²) in [5, 5.41) is 8.51. The Kier molecular flexibility index (Phi) is 3.19. The molecule has 1 aliphatic rings. The van der Waals surface area contributed by atoms with Gasteiger partial charge in [0.1, 0.15) is 0 Å². The van der Waals surface area contributed by atoms with Gasteiger partial charge in [0.15, 0.2) is 0 Å². The maximum absolute atomic E-state index is 12.6. The topological polar surface area (TPSA) is 46.5 Å². The first kappa shape index (κ1) is 10.4. The Labute approximate surface area is 74.7 Å². The molecule has 1 aliphatic heterocycles. The molecular weight excluding hydrogens is 182 g/mol. The van der Waals surface area contributed by atoms with Gasteiger partial charge in [0, 0.05) is 18.6 Å². The Morgan fingerprint density at radius 3 is 2.38 bits per heavy atom. The molecule has 0 saturated carbocycles. The lowest BCUT2D eigenvalue weighted by atomic mass is 9.78. The second-order valence-corrected chi connectivity index (χ2v) is 3.35. The minimum Gasteiger partial charge on any atom is -0.481 e. The molecule has 0 spiro atoms. The van der Waals surface area contributed by atoms with Gasteiger partial charge in [-0.2, -0.15) is 0 Å². The molecule has 1 rings (SSSR count). The van der Waals surface area contributed by atoms with E-state index in [9.17, 15) is 13.6 Å². The molecule has 1 N–H and O–H groups in total. The Morgan fingerprint density at radius 1 is 1.46 bits per heavy atom. The average Bonchev–Trinajstić information content (AvgIpc) is 2.04. The zero-order valence-electron chi connectivity index (χ0n) is 7.13. The molecule has 13 heavy (non-hydrogen) atoms. The summed E-state index contributed by atoms with van der Waals surface area (Å²) in [7, 11) is 0. The van der Waals surface area contributed by atoms with Gasteiger partial charge >= 0.3 is 5.97 Å². The molecule has 1 fully saturated rings. The summed E-state index contributed by atoms with van der Waals surface area (Å²) in [6.45, 7) is 0.467. The van der Waals surface area contributed by atoms with Crippen LogP contribution in [0.15, 0.2) is 0 Å². The summed E-state index contributed by atoms with van der Waals surface area (Å²) < 4.78 is 30.2. The van der Waals surface area contributed by atoms with E-state index >= 15 is 0 Å². The van der Waals surface area contributed by atoms with Crippen molar-refractivity contribution < 1.29 is 23.4 Å². The van der Waals surface area contributed by atoms with Crippen LogP contribution in [0.4, 0.5) is 8.78 Å². The third-order valence-electron chi connectivity index (χ3n) is 2.45. The molecule has 76 valence electrons. The van der Waals surface area contributed by atoms with Crippen molar-refractivity contribution in [2.45, 2.75) is 25.7 Å². The summed E-state index contributed by atoms with van der Waals surface area (Å²) in [5.41, 5.74) is -1.36. The summed E-state index contributed by atoms with van der Waals surface area (Å²) in [4.78, 5) is 10.4. The van der Waals surface area contributed by atoms with Crippen LogP contribution in [0.1, 0.15) is 19.3 Å². The fraction of sp³-hybridized carbons (Fsp3) is 0.875. The standard InChI is InChI=1S/C8H12F2O3/c9-7(10)8(5-6(11)12)1-3-13-4-2-8/h7H,1-5H2,(H,11,12). The van der Waals surface area contributed by atoms with Crippen molar-refractivity contribution >= 4 is 5.97 Å². The Morgan fingerprint density at radius 2 is 2.00 bits per heavy atom. The quantitative estimate of drug-likeness (QED) is 0.740. The second kappa shape index (κ2) is 4.00. The van der Waals surface area contributed by atoms with Crippen molar-refractivity contribution in [2.75, 3.05) is 13.2 Å². The van der Waals surface area contributed by atoms with E-state index in [2.05, 4.69) is 0 Å². The number of hydrogen-bond acceptors (Lipinski definition) is 2. The second-order valence-electron chi connectivity index (χ2n) is 3.35. The van der Waals surface area contributed by atoms with E-state index in [0.717, 1.165) is 0 Å². The van der Waals surface area contributed by atoms with Gasteiger partial charge in [0.25, 0.3) is 0 Å². The smallest absolute Gasteiger partial charge is 0.304 e. The summed E-state index contributed by atoms with van der Waals surface area (Å²) in [6, 6.07) is 0. The fourth-order valence-corrected chi connectivity index (χ4v) is 1.55. The van der Waals surface area contributed by atoms with Crippen LogP contribution in [0.5, 0.6) is 0 Å². The van der Waals surface area contributed by atoms with Gasteiger partial charge in [0.2, 0.25) is 6.43 Å². The SMILES string of the molecule is O=C(O)CC1(C(F)F)CCOCC1. The van der Waals surface area contributed by atoms with Crippen LogP contribution in [0.2, 0.25) is 0 Å². The molecule has 0 aromatic carbocycles. The van der Waals surface area contributed by atoms with Crippen molar-refractivity contribution in [3.8, 4) is 0 Å². The van der Waals surface area contributed by atoms with Crippen LogP contribution in [-0.4, -0.2) is 30.7 Å². The van der Waals surface area contributed by atoms with E-state index in [1.807, 2.05) is 0 Å². The molecule has 1 saturated heterocycles. The zero-order chi connectivity index (χ0) is 9.90. The number of halogens is 2. The number of aliphatic carboxylic acids is 1. The fourth-order valence-electron chi connectivity index (χ4n) is 1.55. The number of rotatable bonds is 3. The lowest BCUT2D eigenvalue weighted by Gasteiger charge is -2.34. The van der Waals surface area contributed by atoms with E-state index < -0.39 is 24.2 Å². The minimum absolute atomic E-state index is 0.136. The predicted molar refractivity (Wildman–Crippen MR) is 40.7 cm³/mol. The Balaban J connectivity index is 2.67. The van der Waals surface area contributed by atoms with Crippen LogP contribution in [0, 0.1) is 5.41 Å². The van der Waals surface area contributed by atoms with Crippen molar-refractivity contribution in [3.05, 3.63) is 0 Å². The van der Waals surface area contributed by atoms with Gasteiger partial charge in [-0.3, -0.25) is 4.79 Å². The van der Waals surface area contributed by atoms with E-state index in [1.54, 1.807) is 0 Å². The molecule has 0 amide bonds. The van der Waals surface area contributed by atoms with Crippen molar-refractivity contribution in [2.24, 2.45) is 5.41 Å². The molecule has 3 nitrogen and oxygen atoms in total. The van der Waals surface area contributed by atoms with E-state index in [0.29, 0.717) is 0 Å². The van der Waals surface area contributed by atoms with Gasteiger partial charge in [0.05, 0.1) is 6.42 Å². The maximum atomic E-state index is 12.6. The van der Waals surface area contributed by atoms with E-state index in [4.69, 9.17) is 9.84 Å². The molecule has 0 aliphatic carbocycles. The number of carboxylic acid groups (broad SMARTS) is 1. The van der Waals surface area contributed by atoms with Gasteiger partial charge in [-0.15, -0.1) is 0 Å². The highest BCUT2D eigenvalue weighted by Crippen LogP contribution is 2.39. The third-order valence-corrected chi connectivity index (χ3v) is 2.45. The van der Waals surface area contributed by atoms with Gasteiger partial charge in [-0.1, -0.05) is 0 Å². The third kappa shape index (κ3) is 2.37. The first-order chi connectivity index (χ1) is 6.07. The molecule has 5 heteroatoms. The van der Waals surface area contributed by atoms with Crippen LogP contribution in [0.25, 0.3) is 0 Å². The molecule has 0 bridgehead atoms. The number of ether oxygens (including phenoxy) is 1. The van der Waals surface area contributed by atoms with Gasteiger partial charge < -0.3 is 9.84 Å². The molecule has 1 heterocycles. The lowest BCUT2D eigenvalue weighted by molar-refractivity contribution is -0.148. The summed E-state index contributed by atoms with van der Waals surface area (Å²) in [5.74, 6) is -1.16. The molecular formula is C8H12F2O3. The van der Waals surface area contributed by atoms with Crippen molar-refractivity contribution in [3.63, 3.8) is 0 Å². The highest BCUT2D eigenvalue weighted by molar-refractivity contribution is 5.67. The normalized spacial score (nSPS) is 21.8. The van der Waals surface area contributed by atoms with Crippen LogP contribution < -0.4 is 0 Å². The summed E-state index contributed by atoms with van der Waals surface area (Å²) in [6.07, 6.45) is -2.77. The average molecular weight is 194 g/mol. The summed E-state index contributed by atoms with van der Waals surface area (Å²) >= 11 is 0. The van der Waals surface area contributed by atoms with Crippen LogP contribution >= 0.6 is 0 Å². The minimum atomic E-state index is -2.58. The monoisotopic (exact) mass is 194 g/mol. The van der Waals surface area contributed by atoms with Gasteiger partial charge in [-0.25, -0.2) is 8.78 Å². The predicted octanol–water partition coefficient (Wildman–Crippen LogP) is 1.52. The highest BCUT2D eigenvalue weighted by atomic mass is 19.3. The molecule has 0 radical (unpaired) electrons. The number of carbonyl (C=O) groups is 1. The van der Waals surface area contributed by atoms with Crippen molar-refractivity contribution in [1.82, 2.24) is 0 Å². The maximum Gasteiger partial charge on any atom is 0.304 e. The number of carboxylic acids is 1. The first-order valence-corrected chi connectivity index (χ1v) is 4.14.